The van der Waals surface area contributed by atoms with Crippen LogP contribution in [0.1, 0.15) is 68.8 Å². The van der Waals surface area contributed by atoms with E-state index in [1.54, 1.807) is 0 Å². The lowest BCUT2D eigenvalue weighted by Crippen LogP contribution is -2.57. The molecule has 1 heterocycles. The van der Waals surface area contributed by atoms with Gasteiger partial charge in [0.15, 0.2) is 0 Å². The number of alkyl halides is 3. The fraction of sp³-hybridized carbons (Fsp3) is 0.636. The molecular formula is C22H29F3N2O3. The first-order chi connectivity index (χ1) is 14.1. The van der Waals surface area contributed by atoms with E-state index in [1.165, 1.54) is 17.0 Å². The van der Waals surface area contributed by atoms with Crippen molar-refractivity contribution in [2.75, 3.05) is 6.61 Å². The summed E-state index contributed by atoms with van der Waals surface area (Å²) in [5.74, 6) is -0.649. The first kappa shape index (κ1) is 22.6. The van der Waals surface area contributed by atoms with Crippen LogP contribution in [-0.2, 0) is 15.7 Å². The molecule has 0 aromatic heterocycles. The molecule has 5 nitrogen and oxygen atoms in total. The summed E-state index contributed by atoms with van der Waals surface area (Å²) in [5.41, 5.74) is -1.94. The molecule has 4 atom stereocenters. The van der Waals surface area contributed by atoms with E-state index in [2.05, 4.69) is 12.2 Å². The topological polar surface area (TPSA) is 58.6 Å². The molecule has 0 unspecified atom stereocenters. The van der Waals surface area contributed by atoms with Gasteiger partial charge in [-0.3, -0.25) is 14.5 Å². The highest BCUT2D eigenvalue weighted by molar-refractivity contribution is 5.98. The van der Waals surface area contributed by atoms with E-state index in [-0.39, 0.29) is 30.0 Å². The molecule has 1 aliphatic heterocycles. The largest absolute Gasteiger partial charge is 0.416 e. The predicted molar refractivity (Wildman–Crippen MR) is 106 cm³/mol. The molecule has 2 aliphatic rings. The van der Waals surface area contributed by atoms with Gasteiger partial charge in [-0.2, -0.15) is 13.2 Å². The smallest absolute Gasteiger partial charge is 0.353 e. The third-order valence-corrected chi connectivity index (χ3v) is 6.15. The minimum absolute atomic E-state index is 0.0414. The molecular weight excluding hydrogens is 397 g/mol. The lowest BCUT2D eigenvalue weighted by molar-refractivity contribution is -0.137. The quantitative estimate of drug-likeness (QED) is 0.778. The van der Waals surface area contributed by atoms with Crippen molar-refractivity contribution in [2.45, 2.75) is 76.9 Å². The standard InChI is InChI=1S/C22H29F3N2O3/c1-4-15(3)26-19(28)18-13-30-21(10-6-7-14(2)12-21)27(18)20(29)16-8-5-9-17(11-16)22(23,24)25/h5,8-9,11,14-15,18H,4,6-7,10,12-13H2,1-3H3,(H,26,28)/t14-,15+,18-,21-/m0/s1. The second-order valence-electron chi connectivity index (χ2n) is 8.55. The molecule has 30 heavy (non-hydrogen) atoms. The number of nitrogens with zero attached hydrogens (tertiary/aromatic N) is 1. The molecule has 1 saturated heterocycles. The van der Waals surface area contributed by atoms with Gasteiger partial charge in [0.05, 0.1) is 12.2 Å². The molecule has 1 saturated carbocycles. The van der Waals surface area contributed by atoms with E-state index in [0.29, 0.717) is 12.8 Å². The van der Waals surface area contributed by atoms with Gasteiger partial charge in [-0.15, -0.1) is 0 Å². The fourth-order valence-corrected chi connectivity index (χ4v) is 4.42. The van der Waals surface area contributed by atoms with Crippen LogP contribution in [0.25, 0.3) is 0 Å². The number of carbonyl (C=O) groups excluding carboxylic acids is 2. The lowest BCUT2D eigenvalue weighted by atomic mass is 9.83. The Bertz CT molecular complexity index is 798. The number of rotatable bonds is 4. The predicted octanol–water partition coefficient (Wildman–Crippen LogP) is 4.37. The lowest BCUT2D eigenvalue weighted by Gasteiger charge is -2.43. The van der Waals surface area contributed by atoms with E-state index < -0.39 is 29.4 Å². The highest BCUT2D eigenvalue weighted by Crippen LogP contribution is 2.43. The van der Waals surface area contributed by atoms with E-state index >= 15 is 0 Å². The minimum Gasteiger partial charge on any atom is -0.353 e. The average molecular weight is 426 g/mol. The van der Waals surface area contributed by atoms with Crippen molar-refractivity contribution in [3.63, 3.8) is 0 Å². The van der Waals surface area contributed by atoms with Gasteiger partial charge < -0.3 is 10.1 Å². The summed E-state index contributed by atoms with van der Waals surface area (Å²) in [6.45, 7) is 5.90. The van der Waals surface area contributed by atoms with Crippen molar-refractivity contribution in [3.05, 3.63) is 35.4 Å². The molecule has 3 rings (SSSR count). The van der Waals surface area contributed by atoms with Gasteiger partial charge in [-0.05, 0) is 56.7 Å². The molecule has 1 aliphatic carbocycles. The maximum absolute atomic E-state index is 13.5. The van der Waals surface area contributed by atoms with Crippen molar-refractivity contribution in [2.24, 2.45) is 5.92 Å². The van der Waals surface area contributed by atoms with Gasteiger partial charge in [0.1, 0.15) is 11.8 Å². The van der Waals surface area contributed by atoms with Crippen LogP contribution in [0.2, 0.25) is 0 Å². The Kier molecular flexibility index (Phi) is 6.45. The van der Waals surface area contributed by atoms with Crippen LogP contribution in [0, 0.1) is 5.92 Å². The summed E-state index contributed by atoms with van der Waals surface area (Å²) in [7, 11) is 0. The fourth-order valence-electron chi connectivity index (χ4n) is 4.42. The van der Waals surface area contributed by atoms with Crippen LogP contribution >= 0.6 is 0 Å². The Hall–Kier alpha value is -2.09. The Morgan fingerprint density at radius 2 is 2.10 bits per heavy atom. The normalized spacial score (nSPS) is 27.9. The molecule has 1 aromatic rings. The SMILES string of the molecule is CC[C@@H](C)NC(=O)[C@@H]1CO[C@]2(CCC[C@H](C)C2)N1C(=O)c1cccc(C(F)(F)F)c1. The van der Waals surface area contributed by atoms with Gasteiger partial charge in [0.25, 0.3) is 5.91 Å². The molecule has 1 N–H and O–H groups in total. The van der Waals surface area contributed by atoms with Crippen LogP contribution < -0.4 is 5.32 Å². The van der Waals surface area contributed by atoms with Gasteiger partial charge in [0, 0.05) is 11.6 Å². The van der Waals surface area contributed by atoms with Crippen molar-refractivity contribution in [1.29, 1.82) is 0 Å². The molecule has 1 aromatic carbocycles. The second-order valence-corrected chi connectivity index (χ2v) is 8.55. The summed E-state index contributed by atoms with van der Waals surface area (Å²) in [6.07, 6.45) is -0.890. The van der Waals surface area contributed by atoms with E-state index in [4.69, 9.17) is 4.74 Å². The van der Waals surface area contributed by atoms with Crippen molar-refractivity contribution < 1.29 is 27.5 Å². The molecule has 0 radical (unpaired) electrons. The summed E-state index contributed by atoms with van der Waals surface area (Å²) in [4.78, 5) is 27.8. The highest BCUT2D eigenvalue weighted by atomic mass is 19.4. The zero-order valence-electron chi connectivity index (χ0n) is 17.6. The number of hydrogen-bond acceptors (Lipinski definition) is 3. The number of carbonyl (C=O) groups is 2. The van der Waals surface area contributed by atoms with Crippen molar-refractivity contribution in [1.82, 2.24) is 10.2 Å². The number of nitrogens with one attached hydrogen (secondary N) is 1. The average Bonchev–Trinajstić information content (AvgIpc) is 3.04. The highest BCUT2D eigenvalue weighted by Gasteiger charge is 2.54. The first-order valence-corrected chi connectivity index (χ1v) is 10.5. The zero-order valence-corrected chi connectivity index (χ0v) is 17.6. The van der Waals surface area contributed by atoms with Crippen LogP contribution in [0.4, 0.5) is 13.2 Å². The molecule has 8 heteroatoms. The molecule has 166 valence electrons. The van der Waals surface area contributed by atoms with E-state index in [1.807, 2.05) is 13.8 Å². The van der Waals surface area contributed by atoms with E-state index in [0.717, 1.165) is 31.4 Å². The molecule has 2 amide bonds. The summed E-state index contributed by atoms with van der Waals surface area (Å²) in [5, 5.41) is 2.88. The van der Waals surface area contributed by atoms with Gasteiger partial charge >= 0.3 is 6.18 Å². The Labute approximate surface area is 175 Å². The Balaban J connectivity index is 1.97. The molecule has 0 bridgehead atoms. The van der Waals surface area contributed by atoms with Crippen LogP contribution in [0.15, 0.2) is 24.3 Å². The van der Waals surface area contributed by atoms with Crippen molar-refractivity contribution >= 4 is 11.8 Å². The molecule has 2 fully saturated rings. The number of hydrogen-bond donors (Lipinski definition) is 1. The summed E-state index contributed by atoms with van der Waals surface area (Å²) < 4.78 is 45.6. The first-order valence-electron chi connectivity index (χ1n) is 10.5. The van der Waals surface area contributed by atoms with Crippen LogP contribution in [0.5, 0.6) is 0 Å². The summed E-state index contributed by atoms with van der Waals surface area (Å²) >= 11 is 0. The maximum Gasteiger partial charge on any atom is 0.416 e. The number of ether oxygens (including phenoxy) is 1. The van der Waals surface area contributed by atoms with Crippen molar-refractivity contribution in [3.8, 4) is 0 Å². The number of amides is 2. The van der Waals surface area contributed by atoms with Crippen LogP contribution in [0.3, 0.4) is 0 Å². The minimum atomic E-state index is -4.55. The maximum atomic E-state index is 13.5. The van der Waals surface area contributed by atoms with E-state index in [9.17, 15) is 22.8 Å². The zero-order chi connectivity index (χ0) is 22.1. The number of benzene rings is 1. The second kappa shape index (κ2) is 8.57. The Morgan fingerprint density at radius 3 is 2.73 bits per heavy atom. The van der Waals surface area contributed by atoms with Gasteiger partial charge in [0.2, 0.25) is 5.91 Å². The van der Waals surface area contributed by atoms with Gasteiger partial charge in [-0.25, -0.2) is 0 Å². The molecule has 1 spiro atoms. The third-order valence-electron chi connectivity index (χ3n) is 6.15. The number of halogens is 3. The van der Waals surface area contributed by atoms with Crippen LogP contribution in [-0.4, -0.2) is 41.1 Å². The summed E-state index contributed by atoms with van der Waals surface area (Å²) in [6, 6.07) is 3.42. The monoisotopic (exact) mass is 426 g/mol. The Morgan fingerprint density at radius 1 is 1.37 bits per heavy atom. The third kappa shape index (κ3) is 4.48. The van der Waals surface area contributed by atoms with Gasteiger partial charge in [-0.1, -0.05) is 26.3 Å².